The summed E-state index contributed by atoms with van der Waals surface area (Å²) in [5.74, 6) is 0. The normalized spacial score (nSPS) is 13.4. The van der Waals surface area contributed by atoms with E-state index in [-0.39, 0.29) is 18.6 Å². The fourth-order valence-corrected chi connectivity index (χ4v) is 1.26. The third-order valence-electron chi connectivity index (χ3n) is 2.23. The minimum Gasteiger partial charge on any atom is -1.00 e. The molecule has 0 aliphatic rings. The van der Waals surface area contributed by atoms with Crippen LogP contribution in [0, 0.1) is 0 Å². The summed E-state index contributed by atoms with van der Waals surface area (Å²) in [6, 6.07) is 0. The average Bonchev–Trinajstić information content (AvgIpc) is 2.08. The zero-order valence-corrected chi connectivity index (χ0v) is 11.3. The highest BCUT2D eigenvalue weighted by atomic mass is 35.5. The molecule has 0 heterocycles. The summed E-state index contributed by atoms with van der Waals surface area (Å²) in [4.78, 5) is 0. The molecule has 0 rings (SSSR count). The summed E-state index contributed by atoms with van der Waals surface area (Å²) in [6.45, 7) is 4.13. The second kappa shape index (κ2) is 9.40. The van der Waals surface area contributed by atoms with Crippen LogP contribution < -0.4 is 17.7 Å². The van der Waals surface area contributed by atoms with Crippen molar-refractivity contribution in [1.29, 1.82) is 0 Å². The van der Waals surface area contributed by atoms with Crippen molar-refractivity contribution in [1.82, 2.24) is 5.32 Å². The Bertz CT molecular complexity index is 137. The maximum absolute atomic E-state index is 9.59. The number of aliphatic hydroxyl groups is 1. The van der Waals surface area contributed by atoms with Crippen LogP contribution in [0.4, 0.5) is 0 Å². The van der Waals surface area contributed by atoms with Gasteiger partial charge in [0.05, 0.1) is 27.7 Å². The highest BCUT2D eigenvalue weighted by Crippen LogP contribution is 1.97. The van der Waals surface area contributed by atoms with E-state index in [1.54, 1.807) is 0 Å². The van der Waals surface area contributed by atoms with Gasteiger partial charge in [-0.3, -0.25) is 5.32 Å². The van der Waals surface area contributed by atoms with Crippen molar-refractivity contribution in [3.63, 3.8) is 0 Å². The molecule has 0 aromatic rings. The Morgan fingerprint density at radius 2 is 1.80 bits per heavy atom. The Kier molecular flexibility index (Phi) is 11.0. The molecule has 2 N–H and O–H groups in total. The van der Waals surface area contributed by atoms with Crippen LogP contribution in [0.5, 0.6) is 0 Å². The molecular formula is C11H27ClN2O. The van der Waals surface area contributed by atoms with Crippen molar-refractivity contribution in [2.75, 3.05) is 34.2 Å². The summed E-state index contributed by atoms with van der Waals surface area (Å²) in [5.41, 5.74) is 0. The second-order valence-corrected chi connectivity index (χ2v) is 4.98. The first kappa shape index (κ1) is 17.6. The van der Waals surface area contributed by atoms with Gasteiger partial charge in [-0.15, -0.1) is 0 Å². The molecule has 1 unspecified atom stereocenters. The van der Waals surface area contributed by atoms with Gasteiger partial charge in [0.15, 0.2) is 0 Å². The average molecular weight is 239 g/mol. The van der Waals surface area contributed by atoms with Gasteiger partial charge in [-0.05, 0) is 13.0 Å². The zero-order valence-electron chi connectivity index (χ0n) is 10.6. The molecule has 0 radical (unpaired) electrons. The maximum Gasteiger partial charge on any atom is 0.110 e. The van der Waals surface area contributed by atoms with Gasteiger partial charge in [0.2, 0.25) is 0 Å². The predicted octanol–water partition coefficient (Wildman–Crippen LogP) is -1.82. The van der Waals surface area contributed by atoms with Crippen molar-refractivity contribution in [3.8, 4) is 0 Å². The van der Waals surface area contributed by atoms with Crippen LogP contribution in [-0.2, 0) is 0 Å². The van der Waals surface area contributed by atoms with Gasteiger partial charge in [0.1, 0.15) is 6.23 Å². The quantitative estimate of drug-likeness (QED) is 0.297. The highest BCUT2D eigenvalue weighted by Gasteiger charge is 2.10. The summed E-state index contributed by atoms with van der Waals surface area (Å²) in [5, 5.41) is 12.7. The van der Waals surface area contributed by atoms with Gasteiger partial charge >= 0.3 is 0 Å². The summed E-state index contributed by atoms with van der Waals surface area (Å²) < 4.78 is 0.910. The Balaban J connectivity index is 0. The molecule has 94 valence electrons. The summed E-state index contributed by atoms with van der Waals surface area (Å²) in [7, 11) is 6.43. The number of nitrogens with zero attached hydrogens (tertiary/aromatic N) is 1. The number of hydrogen-bond acceptors (Lipinski definition) is 2. The molecule has 0 aromatic carbocycles. The third kappa shape index (κ3) is 14.2. The molecule has 0 aliphatic heterocycles. The summed E-state index contributed by atoms with van der Waals surface area (Å²) >= 11 is 0. The zero-order chi connectivity index (χ0) is 11.0. The van der Waals surface area contributed by atoms with Crippen LogP contribution in [0.2, 0.25) is 0 Å². The van der Waals surface area contributed by atoms with Crippen LogP contribution in [0.15, 0.2) is 0 Å². The first-order valence-electron chi connectivity index (χ1n) is 5.67. The SMILES string of the molecule is CCCCCNC(O)CC[N+](C)(C)C.[Cl-]. The lowest BCUT2D eigenvalue weighted by Gasteiger charge is -2.25. The number of rotatable bonds is 8. The van der Waals surface area contributed by atoms with E-state index in [1.165, 1.54) is 12.8 Å². The predicted molar refractivity (Wildman–Crippen MR) is 61.1 cm³/mol. The van der Waals surface area contributed by atoms with E-state index in [9.17, 15) is 5.11 Å². The lowest BCUT2D eigenvalue weighted by Crippen LogP contribution is -3.00. The Morgan fingerprint density at radius 3 is 2.27 bits per heavy atom. The number of unbranched alkanes of at least 4 members (excludes halogenated alkanes) is 2. The van der Waals surface area contributed by atoms with Crippen LogP contribution >= 0.6 is 0 Å². The van der Waals surface area contributed by atoms with Crippen LogP contribution in [0.25, 0.3) is 0 Å². The van der Waals surface area contributed by atoms with E-state index in [1.807, 2.05) is 0 Å². The fourth-order valence-electron chi connectivity index (χ4n) is 1.26. The molecule has 15 heavy (non-hydrogen) atoms. The highest BCUT2D eigenvalue weighted by molar-refractivity contribution is 4.53. The minimum atomic E-state index is -0.329. The molecule has 0 aromatic heterocycles. The standard InChI is InChI=1S/C11H27N2O.ClH/c1-5-6-7-9-12-11(14)8-10-13(2,3)4;/h11-12,14H,5-10H2,1-4H3;1H/q+1;/p-1. The van der Waals surface area contributed by atoms with E-state index < -0.39 is 0 Å². The number of nitrogens with one attached hydrogen (secondary N) is 1. The number of hydrogen-bond donors (Lipinski definition) is 2. The molecule has 0 aliphatic carbocycles. The van der Waals surface area contributed by atoms with Crippen LogP contribution in [0.1, 0.15) is 32.6 Å². The molecular weight excluding hydrogens is 212 g/mol. The van der Waals surface area contributed by atoms with Crippen LogP contribution in [-0.4, -0.2) is 50.0 Å². The van der Waals surface area contributed by atoms with Crippen molar-refractivity contribution >= 4 is 0 Å². The van der Waals surface area contributed by atoms with Gasteiger partial charge in [-0.25, -0.2) is 0 Å². The first-order valence-corrected chi connectivity index (χ1v) is 5.67. The third-order valence-corrected chi connectivity index (χ3v) is 2.23. The lowest BCUT2D eigenvalue weighted by atomic mass is 10.2. The largest absolute Gasteiger partial charge is 1.00 e. The van der Waals surface area contributed by atoms with Gasteiger partial charge < -0.3 is 22.0 Å². The molecule has 0 fully saturated rings. The number of quaternary nitrogens is 1. The van der Waals surface area contributed by atoms with Crippen molar-refractivity contribution in [2.24, 2.45) is 0 Å². The topological polar surface area (TPSA) is 32.3 Å². The van der Waals surface area contributed by atoms with Crippen molar-refractivity contribution in [3.05, 3.63) is 0 Å². The molecule has 0 saturated carbocycles. The van der Waals surface area contributed by atoms with Gasteiger partial charge in [0.25, 0.3) is 0 Å². The smallest absolute Gasteiger partial charge is 0.110 e. The Morgan fingerprint density at radius 1 is 1.20 bits per heavy atom. The van der Waals surface area contributed by atoms with Crippen molar-refractivity contribution < 1.29 is 22.0 Å². The summed E-state index contributed by atoms with van der Waals surface area (Å²) in [6.07, 6.45) is 4.14. The first-order chi connectivity index (χ1) is 6.45. The second-order valence-electron chi connectivity index (χ2n) is 4.98. The lowest BCUT2D eigenvalue weighted by molar-refractivity contribution is -0.871. The molecule has 4 heteroatoms. The molecule has 3 nitrogen and oxygen atoms in total. The van der Waals surface area contributed by atoms with Crippen LogP contribution in [0.3, 0.4) is 0 Å². The van der Waals surface area contributed by atoms with Gasteiger partial charge in [-0.2, -0.15) is 0 Å². The van der Waals surface area contributed by atoms with E-state index in [0.717, 1.165) is 30.4 Å². The monoisotopic (exact) mass is 238 g/mol. The molecule has 0 spiro atoms. The number of aliphatic hydroxyl groups excluding tert-OH is 1. The van der Waals surface area contributed by atoms with Gasteiger partial charge in [-0.1, -0.05) is 19.8 Å². The number of halogens is 1. The molecule has 0 amide bonds. The Labute approximate surface area is 101 Å². The van der Waals surface area contributed by atoms with E-state index in [4.69, 9.17) is 0 Å². The minimum absolute atomic E-state index is 0. The molecule has 0 saturated heterocycles. The molecule has 0 bridgehead atoms. The maximum atomic E-state index is 9.59. The van der Waals surface area contributed by atoms with E-state index >= 15 is 0 Å². The Hall–Kier alpha value is 0.170. The van der Waals surface area contributed by atoms with Gasteiger partial charge in [0, 0.05) is 6.42 Å². The molecule has 1 atom stereocenters. The van der Waals surface area contributed by atoms with E-state index in [0.29, 0.717) is 0 Å². The van der Waals surface area contributed by atoms with E-state index in [2.05, 4.69) is 33.4 Å². The van der Waals surface area contributed by atoms with Crippen molar-refractivity contribution in [2.45, 2.75) is 38.8 Å². The fraction of sp³-hybridized carbons (Fsp3) is 1.00.